The van der Waals surface area contributed by atoms with Crippen LogP contribution in [0, 0.1) is 0 Å². The number of ketones is 1. The molecule has 0 aliphatic carbocycles. The lowest BCUT2D eigenvalue weighted by atomic mass is 9.97. The van der Waals surface area contributed by atoms with Crippen LogP contribution < -0.4 is 4.52 Å². The van der Waals surface area contributed by atoms with Crippen molar-refractivity contribution in [3.63, 3.8) is 0 Å². The zero-order valence-electron chi connectivity index (χ0n) is 28.4. The smallest absolute Gasteiger partial charge is 0.404 e. The van der Waals surface area contributed by atoms with Crippen LogP contribution in [0.4, 0.5) is 0 Å². The van der Waals surface area contributed by atoms with E-state index in [4.69, 9.17) is 4.52 Å². The second-order valence-corrected chi connectivity index (χ2v) is 14.0. The van der Waals surface area contributed by atoms with Crippen LogP contribution in [0.25, 0.3) is 10.9 Å². The fraction of sp³-hybridized carbons (Fsp3) is 0.297. The van der Waals surface area contributed by atoms with Gasteiger partial charge in [-0.1, -0.05) is 66.7 Å². The minimum atomic E-state index is -4.78. The number of hydrogen-bond donors (Lipinski definition) is 2. The van der Waals surface area contributed by atoms with Crippen LogP contribution in [0.2, 0.25) is 0 Å². The number of nitrogens with zero attached hydrogens (tertiary/aromatic N) is 5. The van der Waals surface area contributed by atoms with Crippen molar-refractivity contribution in [1.82, 2.24) is 24.4 Å². The zero-order chi connectivity index (χ0) is 36.4. The van der Waals surface area contributed by atoms with E-state index in [1.54, 1.807) is 39.3 Å². The highest BCUT2D eigenvalue weighted by Gasteiger charge is 2.51. The molecule has 14 heteroatoms. The number of aryl methyl sites for hydroxylation is 2. The molecule has 2 fully saturated rings. The first-order chi connectivity index (χ1) is 24.3. The van der Waals surface area contributed by atoms with Crippen LogP contribution in [0.1, 0.15) is 40.4 Å². The predicted molar refractivity (Wildman–Crippen MR) is 189 cm³/mol. The minimum absolute atomic E-state index is 0.0429. The highest BCUT2D eigenvalue weighted by molar-refractivity contribution is 7.46. The van der Waals surface area contributed by atoms with Gasteiger partial charge >= 0.3 is 7.82 Å². The van der Waals surface area contributed by atoms with Crippen LogP contribution in [-0.2, 0) is 45.4 Å². The Morgan fingerprint density at radius 2 is 1.73 bits per heavy atom. The van der Waals surface area contributed by atoms with Crippen molar-refractivity contribution >= 4 is 42.2 Å². The number of fused-ring (bicyclic) bond motifs is 2. The molecule has 51 heavy (non-hydrogen) atoms. The lowest BCUT2D eigenvalue weighted by Crippen LogP contribution is -2.75. The third kappa shape index (κ3) is 7.67. The van der Waals surface area contributed by atoms with Gasteiger partial charge in [-0.25, -0.2) is 14.6 Å². The molecular weight excluding hydrogens is 673 g/mol. The van der Waals surface area contributed by atoms with Gasteiger partial charge in [0.2, 0.25) is 17.7 Å². The first kappa shape index (κ1) is 35.7. The molecule has 3 aromatic carbocycles. The molecule has 3 heterocycles. The normalized spacial score (nSPS) is 18.2. The fourth-order valence-corrected chi connectivity index (χ4v) is 7.52. The summed E-state index contributed by atoms with van der Waals surface area (Å²) in [4.78, 5) is 76.7. The van der Waals surface area contributed by atoms with Crippen molar-refractivity contribution < 1.29 is 38.1 Å². The van der Waals surface area contributed by atoms with Gasteiger partial charge in [0.15, 0.2) is 5.78 Å². The van der Waals surface area contributed by atoms with Crippen molar-refractivity contribution in [2.45, 2.75) is 44.9 Å². The number of hydrogen-bond acceptors (Lipinski definition) is 7. The quantitative estimate of drug-likeness (QED) is 0.127. The Hall–Kier alpha value is -5.07. The third-order valence-corrected chi connectivity index (χ3v) is 9.75. The number of carbonyl (C=O) groups excluding carboxylic acids is 4. The molecular formula is C37H40N5O8P. The Morgan fingerprint density at radius 3 is 2.39 bits per heavy atom. The van der Waals surface area contributed by atoms with Gasteiger partial charge < -0.3 is 18.9 Å². The van der Waals surface area contributed by atoms with Gasteiger partial charge in [0.25, 0.3) is 0 Å². The maximum atomic E-state index is 14.5. The van der Waals surface area contributed by atoms with Gasteiger partial charge in [-0.2, -0.15) is 0 Å². The summed E-state index contributed by atoms with van der Waals surface area (Å²) in [6, 6.07) is 20.2. The molecule has 0 unspecified atom stereocenters. The van der Waals surface area contributed by atoms with E-state index in [1.165, 1.54) is 24.0 Å². The van der Waals surface area contributed by atoms with E-state index >= 15 is 0 Å². The Morgan fingerprint density at radius 1 is 1.00 bits per heavy atom. The number of piperazine rings is 1. The van der Waals surface area contributed by atoms with E-state index < -0.39 is 20.0 Å². The molecule has 2 aliphatic rings. The van der Waals surface area contributed by atoms with Crippen LogP contribution in [0.5, 0.6) is 5.75 Å². The standard InChI is InChI=1S/C37H40N5O8P/c1-4-19-40-24-35(45)41-32(20-27-13-16-29(17-14-27)50-51(47,48)49)37(46)39(21-28-11-8-12-30-31(25(2)43)22-38(3)36(28)30)23-33(41)42(40)34(44)18-15-26-9-6-5-7-10-26/h4-14,16-17,22,32-33H,1,15,18-21,23-24H2,2-3H3,(H2,47,48,49)/t32-,33-/m0/s1. The number of hydrazine groups is 1. The molecule has 0 bridgehead atoms. The molecule has 0 spiro atoms. The summed E-state index contributed by atoms with van der Waals surface area (Å²) >= 11 is 0. The van der Waals surface area contributed by atoms with E-state index in [2.05, 4.69) is 6.58 Å². The van der Waals surface area contributed by atoms with Gasteiger partial charge in [0.05, 0.1) is 18.6 Å². The Labute approximate surface area is 295 Å². The van der Waals surface area contributed by atoms with Gasteiger partial charge in [-0.05, 0) is 42.2 Å². The van der Waals surface area contributed by atoms with Gasteiger partial charge in [-0.15, -0.1) is 6.58 Å². The summed E-state index contributed by atoms with van der Waals surface area (Å²) in [5, 5.41) is 4.05. The largest absolute Gasteiger partial charge is 0.524 e. The van der Waals surface area contributed by atoms with Crippen LogP contribution in [0.15, 0.2) is 91.6 Å². The van der Waals surface area contributed by atoms with E-state index in [0.717, 1.165) is 22.0 Å². The molecule has 2 aliphatic heterocycles. The maximum Gasteiger partial charge on any atom is 0.524 e. The van der Waals surface area contributed by atoms with E-state index in [9.17, 15) is 33.5 Å². The average Bonchev–Trinajstić information content (AvgIpc) is 3.43. The SMILES string of the molecule is C=CCN1CC(=O)N2[C@@H](Cc3ccc(OP(=O)(O)O)cc3)C(=O)N(Cc3cccc4c(C(C)=O)cn(C)c34)C[C@@H]2N1C(=O)CCc1ccccc1. The monoisotopic (exact) mass is 713 g/mol. The highest BCUT2D eigenvalue weighted by Crippen LogP contribution is 2.38. The molecule has 6 rings (SSSR count). The summed E-state index contributed by atoms with van der Waals surface area (Å²) in [6.45, 7) is 5.67. The van der Waals surface area contributed by atoms with E-state index in [-0.39, 0.29) is 68.3 Å². The number of phosphoric ester groups is 1. The number of carbonyl (C=O) groups is 4. The third-order valence-electron chi connectivity index (χ3n) is 9.30. The van der Waals surface area contributed by atoms with Crippen molar-refractivity contribution in [2.75, 3.05) is 19.6 Å². The Balaban J connectivity index is 1.38. The van der Waals surface area contributed by atoms with Gasteiger partial charge in [-0.3, -0.25) is 29.0 Å². The van der Waals surface area contributed by atoms with Crippen LogP contribution >= 0.6 is 7.82 Å². The average molecular weight is 714 g/mol. The number of benzene rings is 3. The molecule has 266 valence electrons. The van der Waals surface area contributed by atoms with Crippen molar-refractivity contribution in [2.24, 2.45) is 7.05 Å². The summed E-state index contributed by atoms with van der Waals surface area (Å²) in [5.41, 5.74) is 3.79. The highest BCUT2D eigenvalue weighted by atomic mass is 31.2. The fourth-order valence-electron chi connectivity index (χ4n) is 7.13. The van der Waals surface area contributed by atoms with Crippen molar-refractivity contribution in [3.8, 4) is 5.75 Å². The molecule has 0 radical (unpaired) electrons. The predicted octanol–water partition coefficient (Wildman–Crippen LogP) is 3.84. The second-order valence-electron chi connectivity index (χ2n) is 12.8. The summed E-state index contributed by atoms with van der Waals surface area (Å²) in [7, 11) is -2.93. The first-order valence-corrected chi connectivity index (χ1v) is 18.1. The minimum Gasteiger partial charge on any atom is -0.404 e. The van der Waals surface area contributed by atoms with Crippen LogP contribution in [-0.4, -0.2) is 89.5 Å². The molecule has 3 amide bonds. The van der Waals surface area contributed by atoms with E-state index in [1.807, 2.05) is 60.1 Å². The summed E-state index contributed by atoms with van der Waals surface area (Å²) in [6.07, 6.45) is 3.32. The lowest BCUT2D eigenvalue weighted by Gasteiger charge is -2.55. The Bertz CT molecular complexity index is 2030. The summed E-state index contributed by atoms with van der Waals surface area (Å²) in [5.74, 6) is -0.962. The lowest BCUT2D eigenvalue weighted by molar-refractivity contribution is -0.205. The van der Waals surface area contributed by atoms with Gasteiger partial charge in [0.1, 0.15) is 18.0 Å². The number of aromatic nitrogens is 1. The number of phosphoric acid groups is 1. The molecule has 13 nitrogen and oxygen atoms in total. The van der Waals surface area contributed by atoms with Crippen molar-refractivity contribution in [1.29, 1.82) is 0 Å². The number of amides is 3. The molecule has 0 saturated carbocycles. The maximum absolute atomic E-state index is 14.5. The molecule has 4 aromatic rings. The molecule has 2 atom stereocenters. The molecule has 1 aromatic heterocycles. The Kier molecular flexibility index (Phi) is 10.3. The number of rotatable bonds is 12. The number of para-hydroxylation sites is 1. The van der Waals surface area contributed by atoms with E-state index in [0.29, 0.717) is 17.5 Å². The van der Waals surface area contributed by atoms with Gasteiger partial charge in [0, 0.05) is 50.1 Å². The van der Waals surface area contributed by atoms with Crippen molar-refractivity contribution in [3.05, 3.63) is 114 Å². The van der Waals surface area contributed by atoms with Crippen LogP contribution in [0.3, 0.4) is 0 Å². The second kappa shape index (κ2) is 14.7. The molecule has 2 saturated heterocycles. The zero-order valence-corrected chi connectivity index (χ0v) is 29.3. The topological polar surface area (TPSA) is 153 Å². The number of Topliss-reactive ketones (excluding diaryl/α,β-unsaturated/α-hetero) is 1. The first-order valence-electron chi connectivity index (χ1n) is 16.6. The summed E-state index contributed by atoms with van der Waals surface area (Å²) < 4.78 is 17.9. The molecule has 2 N–H and O–H groups in total.